The fourth-order valence-electron chi connectivity index (χ4n) is 5.47. The number of alkyl carbamates (subject to hydrolysis) is 1. The van der Waals surface area contributed by atoms with E-state index in [0.29, 0.717) is 12.1 Å². The van der Waals surface area contributed by atoms with Crippen LogP contribution >= 0.6 is 0 Å². The number of aliphatic carboxylic acids is 1. The van der Waals surface area contributed by atoms with Gasteiger partial charge in [-0.3, -0.25) is 4.79 Å². The summed E-state index contributed by atoms with van der Waals surface area (Å²) in [5.41, 5.74) is 5.04. The number of allylic oxidation sites excluding steroid dienone is 1. The zero-order valence-corrected chi connectivity index (χ0v) is 23.1. The Morgan fingerprint density at radius 2 is 1.80 bits per heavy atom. The molecule has 2 aliphatic heterocycles. The average molecular weight is 546 g/mol. The molecule has 0 saturated carbocycles. The summed E-state index contributed by atoms with van der Waals surface area (Å²) in [5.74, 6) is -1.62. The number of carbonyl (C=O) groups excluding carboxylic acids is 2. The van der Waals surface area contributed by atoms with Crippen molar-refractivity contribution in [2.45, 2.75) is 64.6 Å². The normalized spacial score (nSPS) is 25.5. The lowest BCUT2D eigenvalue weighted by Gasteiger charge is -2.34. The summed E-state index contributed by atoms with van der Waals surface area (Å²) in [7, 11) is 0. The molecular weight excluding hydrogens is 510 g/mol. The first kappa shape index (κ1) is 27.4. The van der Waals surface area contributed by atoms with E-state index < -0.39 is 41.6 Å². The SMILES string of the molecule is CC(C)(C)[C@@H]1NC(=O)OCCCC/C=C/c2ccc3c(c2)/C(=N\O[C@@H]2C[C@@H](C(=O)O)N(C2)C1=O)c1ccccc1-3. The van der Waals surface area contributed by atoms with Crippen molar-refractivity contribution in [2.75, 3.05) is 13.2 Å². The maximum Gasteiger partial charge on any atom is 0.407 e. The molecule has 5 rings (SSSR count). The van der Waals surface area contributed by atoms with Gasteiger partial charge in [0.05, 0.1) is 13.2 Å². The number of fused-ring (bicyclic) bond motifs is 6. The predicted octanol–water partition coefficient (Wildman–Crippen LogP) is 4.83. The number of ether oxygens (including phenoxy) is 1. The van der Waals surface area contributed by atoms with E-state index in [9.17, 15) is 19.5 Å². The molecule has 0 spiro atoms. The van der Waals surface area contributed by atoms with Gasteiger partial charge in [0.1, 0.15) is 23.9 Å². The highest BCUT2D eigenvalue weighted by Crippen LogP contribution is 2.38. The Kier molecular flexibility index (Phi) is 7.65. The van der Waals surface area contributed by atoms with E-state index in [4.69, 9.17) is 9.57 Å². The van der Waals surface area contributed by atoms with Crippen LogP contribution in [-0.2, 0) is 19.2 Å². The lowest BCUT2D eigenvalue weighted by atomic mass is 9.85. The number of carboxylic acid groups (broad SMARTS) is 1. The van der Waals surface area contributed by atoms with E-state index in [1.807, 2.05) is 45.0 Å². The van der Waals surface area contributed by atoms with Crippen LogP contribution in [0.2, 0.25) is 0 Å². The fourth-order valence-corrected chi connectivity index (χ4v) is 5.47. The highest BCUT2D eigenvalue weighted by Gasteiger charge is 2.46. The molecule has 9 heteroatoms. The molecule has 40 heavy (non-hydrogen) atoms. The summed E-state index contributed by atoms with van der Waals surface area (Å²) < 4.78 is 5.35. The molecule has 2 heterocycles. The van der Waals surface area contributed by atoms with Crippen molar-refractivity contribution < 1.29 is 29.1 Å². The van der Waals surface area contributed by atoms with E-state index in [2.05, 4.69) is 40.8 Å². The number of hydrogen-bond acceptors (Lipinski definition) is 6. The fraction of sp³-hybridized carbons (Fsp3) is 0.419. The summed E-state index contributed by atoms with van der Waals surface area (Å²) >= 11 is 0. The zero-order chi connectivity index (χ0) is 28.4. The first-order valence-electron chi connectivity index (χ1n) is 13.7. The minimum absolute atomic E-state index is 0.0349. The molecule has 2 aromatic carbocycles. The Labute approximate surface area is 233 Å². The van der Waals surface area contributed by atoms with Gasteiger partial charge >= 0.3 is 12.1 Å². The molecule has 2 N–H and O–H groups in total. The highest BCUT2D eigenvalue weighted by atomic mass is 16.6. The number of amides is 2. The Morgan fingerprint density at radius 3 is 2.55 bits per heavy atom. The number of carboxylic acids is 1. The van der Waals surface area contributed by atoms with Crippen molar-refractivity contribution in [3.8, 4) is 11.1 Å². The lowest BCUT2D eigenvalue weighted by molar-refractivity contribution is -0.150. The molecular formula is C31H35N3O6. The molecule has 3 aliphatic rings. The maximum atomic E-state index is 13.7. The van der Waals surface area contributed by atoms with Crippen molar-refractivity contribution in [1.82, 2.24) is 10.2 Å². The number of benzene rings is 2. The van der Waals surface area contributed by atoms with E-state index in [1.54, 1.807) is 0 Å². The third kappa shape index (κ3) is 5.59. The first-order chi connectivity index (χ1) is 19.1. The number of nitrogens with zero attached hydrogens (tertiary/aromatic N) is 2. The second kappa shape index (κ2) is 11.2. The van der Waals surface area contributed by atoms with Crippen molar-refractivity contribution in [1.29, 1.82) is 0 Å². The number of rotatable bonds is 1. The second-order valence-electron chi connectivity index (χ2n) is 11.6. The lowest BCUT2D eigenvalue weighted by Crippen LogP contribution is -2.56. The molecule has 4 bridgehead atoms. The van der Waals surface area contributed by atoms with E-state index in [-0.39, 0.29) is 19.6 Å². The Bertz CT molecular complexity index is 1380. The Hall–Kier alpha value is -4.14. The first-order valence-corrected chi connectivity index (χ1v) is 13.7. The van der Waals surface area contributed by atoms with E-state index in [0.717, 1.165) is 40.7 Å². The summed E-state index contributed by atoms with van der Waals surface area (Å²) in [6.45, 7) is 5.70. The molecule has 0 unspecified atom stereocenters. The standard InChI is InChI=1S/C31H35N3O6/c1-31(2,3)27-28(35)34-18-20(17-25(34)29(36)37)40-33-26-23-12-8-7-11-21(23)22-14-13-19(16-24(22)26)10-6-4-5-9-15-39-30(38)32-27/h6-8,10-14,16,20,25,27H,4-5,9,15,17-18H2,1-3H3,(H,32,38)(H,36,37)/b10-6+,33-26-/t20-,25+,27-/m1/s1. The summed E-state index contributed by atoms with van der Waals surface area (Å²) in [5, 5.41) is 17.2. The molecule has 2 aromatic rings. The van der Waals surface area contributed by atoms with Gasteiger partial charge in [-0.2, -0.15) is 0 Å². The van der Waals surface area contributed by atoms with E-state index in [1.165, 1.54) is 4.90 Å². The molecule has 210 valence electrons. The Balaban J connectivity index is 1.51. The number of hydrogen-bond donors (Lipinski definition) is 2. The van der Waals surface area contributed by atoms with Gasteiger partial charge in [-0.05, 0) is 47.4 Å². The van der Waals surface area contributed by atoms with Crippen LogP contribution in [-0.4, -0.2) is 65.0 Å². The molecule has 0 radical (unpaired) electrons. The van der Waals surface area contributed by atoms with Gasteiger partial charge in [0.2, 0.25) is 5.91 Å². The maximum absolute atomic E-state index is 13.7. The third-order valence-corrected chi connectivity index (χ3v) is 7.58. The smallest absolute Gasteiger partial charge is 0.407 e. The Morgan fingerprint density at radius 1 is 1.05 bits per heavy atom. The summed E-state index contributed by atoms with van der Waals surface area (Å²) in [4.78, 5) is 45.7. The molecule has 9 nitrogen and oxygen atoms in total. The second-order valence-corrected chi connectivity index (χ2v) is 11.6. The molecule has 2 amide bonds. The quantitative estimate of drug-likeness (QED) is 0.452. The molecule has 0 aromatic heterocycles. The van der Waals surface area contributed by atoms with Crippen molar-refractivity contribution in [3.63, 3.8) is 0 Å². The number of oxime groups is 1. The van der Waals surface area contributed by atoms with Gasteiger partial charge < -0.3 is 24.9 Å². The molecule has 1 fully saturated rings. The molecule has 1 aliphatic carbocycles. The summed E-state index contributed by atoms with van der Waals surface area (Å²) in [6, 6.07) is 12.1. The number of carbonyl (C=O) groups is 3. The van der Waals surface area contributed by atoms with Gasteiger partial charge in [0, 0.05) is 17.5 Å². The predicted molar refractivity (Wildman–Crippen MR) is 151 cm³/mol. The van der Waals surface area contributed by atoms with Crippen LogP contribution in [0, 0.1) is 5.41 Å². The van der Waals surface area contributed by atoms with Crippen molar-refractivity contribution in [3.05, 3.63) is 65.2 Å². The molecule has 3 atom stereocenters. The average Bonchev–Trinajstić information content (AvgIpc) is 3.48. The van der Waals surface area contributed by atoms with Gasteiger partial charge in [-0.25, -0.2) is 9.59 Å². The minimum Gasteiger partial charge on any atom is -0.480 e. The number of nitrogens with one attached hydrogen (secondary N) is 1. The van der Waals surface area contributed by atoms with Gasteiger partial charge in [0.15, 0.2) is 0 Å². The van der Waals surface area contributed by atoms with Crippen LogP contribution in [0.25, 0.3) is 17.2 Å². The zero-order valence-electron chi connectivity index (χ0n) is 23.1. The van der Waals surface area contributed by atoms with E-state index >= 15 is 0 Å². The van der Waals surface area contributed by atoms with Crippen LogP contribution < -0.4 is 5.32 Å². The van der Waals surface area contributed by atoms with Gasteiger partial charge in [-0.15, -0.1) is 0 Å². The topological polar surface area (TPSA) is 118 Å². The van der Waals surface area contributed by atoms with Gasteiger partial charge in [0.25, 0.3) is 0 Å². The summed E-state index contributed by atoms with van der Waals surface area (Å²) in [6.07, 6.45) is 5.25. The number of cyclic esters (lactones) is 1. The van der Waals surface area contributed by atoms with Crippen LogP contribution in [0.15, 0.2) is 53.7 Å². The molecule has 1 saturated heterocycles. The van der Waals surface area contributed by atoms with Crippen LogP contribution in [0.4, 0.5) is 4.79 Å². The largest absolute Gasteiger partial charge is 0.480 e. The van der Waals surface area contributed by atoms with Crippen molar-refractivity contribution in [2.24, 2.45) is 10.6 Å². The monoisotopic (exact) mass is 545 g/mol. The van der Waals surface area contributed by atoms with Gasteiger partial charge in [-0.1, -0.05) is 74.5 Å². The van der Waals surface area contributed by atoms with Crippen LogP contribution in [0.5, 0.6) is 0 Å². The van der Waals surface area contributed by atoms with Crippen molar-refractivity contribution >= 4 is 29.8 Å². The third-order valence-electron chi connectivity index (χ3n) is 7.58. The van der Waals surface area contributed by atoms with Crippen LogP contribution in [0.3, 0.4) is 0 Å². The minimum atomic E-state index is -1.13. The van der Waals surface area contributed by atoms with Crippen LogP contribution in [0.1, 0.15) is 63.1 Å². The highest BCUT2D eigenvalue weighted by molar-refractivity contribution is 6.24.